The maximum Gasteiger partial charge on any atom is 0.472 e. The van der Waals surface area contributed by atoms with Gasteiger partial charge in [0.2, 0.25) is 0 Å². The minimum atomic E-state index is -4.65. The number of rotatable bonds is 29. The summed E-state index contributed by atoms with van der Waals surface area (Å²) in [6.07, 6.45) is 16.5. The van der Waals surface area contributed by atoms with Gasteiger partial charge in [0.15, 0.2) is 5.82 Å². The molecule has 0 bridgehead atoms. The zero-order valence-electron chi connectivity index (χ0n) is 33.3. The van der Waals surface area contributed by atoms with Crippen molar-refractivity contribution in [2.24, 2.45) is 0 Å². The predicted molar refractivity (Wildman–Crippen MR) is 213 cm³/mol. The van der Waals surface area contributed by atoms with Crippen LogP contribution in [0.4, 0.5) is 5.82 Å². The van der Waals surface area contributed by atoms with Crippen LogP contribution in [-0.4, -0.2) is 80.5 Å². The van der Waals surface area contributed by atoms with Crippen molar-refractivity contribution >= 4 is 19.2 Å². The minimum Gasteiger partial charge on any atom is -0.387 e. The molecule has 1 aromatic carbocycles. The molecule has 0 spiro atoms. The monoisotopic (exact) mass is 801 g/mol. The first-order chi connectivity index (χ1) is 27.1. The SMILES string of the molecule is CCCCCCCCCCCCCCCCCOCC[C@H](COP(=O)(O)OC[C@H]1O[C@@](C)(c2ccc3c(N)ncnn23)[C@H](O)[C@@H]1O)OCc1ccc(C#N)cc1. The number of fused-ring (bicyclic) bond motifs is 1. The number of phosphoric acid groups is 1. The molecule has 3 heterocycles. The third-order valence-corrected chi connectivity index (χ3v) is 11.5. The molecule has 1 saturated heterocycles. The Kier molecular flexibility index (Phi) is 19.7. The highest BCUT2D eigenvalue weighted by Gasteiger charge is 2.54. The maximum atomic E-state index is 13.0. The molecule has 0 radical (unpaired) electrons. The number of nitrogens with two attached hydrogens (primary N) is 1. The molecule has 0 amide bonds. The minimum absolute atomic E-state index is 0.193. The highest BCUT2D eigenvalue weighted by atomic mass is 31.2. The lowest BCUT2D eigenvalue weighted by atomic mass is 9.93. The van der Waals surface area contributed by atoms with E-state index in [1.807, 2.05) is 0 Å². The number of aliphatic hydroxyl groups excluding tert-OH is 2. The molecule has 4 rings (SSSR count). The van der Waals surface area contributed by atoms with Crippen LogP contribution in [0, 0.1) is 11.3 Å². The highest BCUT2D eigenvalue weighted by Crippen LogP contribution is 2.46. The van der Waals surface area contributed by atoms with E-state index in [0.717, 1.165) is 18.4 Å². The molecule has 6 atom stereocenters. The fourth-order valence-electron chi connectivity index (χ4n) is 7.04. The number of ether oxygens (including phenoxy) is 3. The van der Waals surface area contributed by atoms with Gasteiger partial charge in [0.05, 0.1) is 43.3 Å². The topological polar surface area (TPSA) is 204 Å². The van der Waals surface area contributed by atoms with Crippen LogP contribution in [0.1, 0.15) is 133 Å². The Morgan fingerprint density at radius 2 is 1.55 bits per heavy atom. The van der Waals surface area contributed by atoms with Gasteiger partial charge in [-0.1, -0.05) is 109 Å². The normalized spacial score (nSPS) is 21.3. The Balaban J connectivity index is 1.16. The number of aliphatic hydroxyl groups is 2. The number of nitrogen functional groups attached to an aromatic ring is 1. The van der Waals surface area contributed by atoms with Crippen molar-refractivity contribution in [2.45, 2.75) is 153 Å². The van der Waals surface area contributed by atoms with Gasteiger partial charge in [-0.15, -0.1) is 0 Å². The van der Waals surface area contributed by atoms with E-state index in [9.17, 15) is 19.7 Å². The van der Waals surface area contributed by atoms with Gasteiger partial charge in [0.25, 0.3) is 0 Å². The summed E-state index contributed by atoms with van der Waals surface area (Å²) < 4.78 is 43.1. The molecule has 0 saturated carbocycles. The standard InChI is InChI=1S/C41H64N5O9P/c1-3-4-5-6-7-8-9-10-11-12-13-14-15-16-17-25-51-26-24-34(52-28-33-20-18-32(27-42)19-21-33)29-53-56(49,50)54-30-36-38(47)39(48)41(2,55-36)37-23-22-35-40(43)44-31-45-46(35)37/h18-23,31,34,36,38-39,47-48H,3-17,24-26,28-30H2,1-2H3,(H,49,50)(H2,43,44,45)/t34-,36-,38-,39-,41+/m1/s1. The molecule has 15 heteroatoms. The van der Waals surface area contributed by atoms with Gasteiger partial charge >= 0.3 is 7.82 Å². The summed E-state index contributed by atoms with van der Waals surface area (Å²) in [5.74, 6) is 0.229. The van der Waals surface area contributed by atoms with E-state index in [0.29, 0.717) is 36.4 Å². The van der Waals surface area contributed by atoms with E-state index in [1.54, 1.807) is 43.3 Å². The Hall–Kier alpha value is -2.96. The molecule has 56 heavy (non-hydrogen) atoms. The first kappa shape index (κ1) is 45.7. The molecule has 1 unspecified atom stereocenters. The summed E-state index contributed by atoms with van der Waals surface area (Å²) >= 11 is 0. The fourth-order valence-corrected chi connectivity index (χ4v) is 7.80. The van der Waals surface area contributed by atoms with Crippen molar-refractivity contribution < 1.29 is 42.9 Å². The number of phosphoric ester groups is 1. The predicted octanol–water partition coefficient (Wildman–Crippen LogP) is 7.52. The van der Waals surface area contributed by atoms with Crippen LogP contribution >= 0.6 is 7.82 Å². The van der Waals surface area contributed by atoms with Crippen LogP contribution < -0.4 is 5.73 Å². The molecule has 1 fully saturated rings. The van der Waals surface area contributed by atoms with Crippen molar-refractivity contribution in [2.75, 3.05) is 32.2 Å². The Morgan fingerprint density at radius 3 is 2.18 bits per heavy atom. The number of benzene rings is 1. The van der Waals surface area contributed by atoms with E-state index < -0.39 is 44.4 Å². The molecule has 3 aromatic rings. The quantitative estimate of drug-likeness (QED) is 0.0397. The number of nitrogens with zero attached hydrogens (tertiary/aromatic N) is 4. The third kappa shape index (κ3) is 14.5. The van der Waals surface area contributed by atoms with Gasteiger partial charge in [0.1, 0.15) is 35.8 Å². The molecule has 0 aliphatic carbocycles. The molecule has 312 valence electrons. The zero-order valence-corrected chi connectivity index (χ0v) is 34.2. The maximum absolute atomic E-state index is 13.0. The van der Waals surface area contributed by atoms with Gasteiger partial charge in [-0.3, -0.25) is 9.05 Å². The summed E-state index contributed by atoms with van der Waals surface area (Å²) in [7, 11) is -4.65. The summed E-state index contributed by atoms with van der Waals surface area (Å²) in [6, 6.07) is 12.4. The van der Waals surface area contributed by atoms with Crippen molar-refractivity contribution in [3.63, 3.8) is 0 Å². The van der Waals surface area contributed by atoms with Crippen molar-refractivity contribution in [1.82, 2.24) is 14.6 Å². The van der Waals surface area contributed by atoms with E-state index >= 15 is 0 Å². The van der Waals surface area contributed by atoms with Crippen LogP contribution in [0.15, 0.2) is 42.7 Å². The largest absolute Gasteiger partial charge is 0.472 e. The summed E-state index contributed by atoms with van der Waals surface area (Å²) in [5, 5.41) is 35.1. The Labute approximate surface area is 332 Å². The smallest absolute Gasteiger partial charge is 0.387 e. The average molecular weight is 802 g/mol. The Bertz CT molecular complexity index is 1650. The fraction of sp³-hybridized carbons (Fsp3) is 0.683. The number of hydrogen-bond donors (Lipinski definition) is 4. The van der Waals surface area contributed by atoms with Gasteiger partial charge in [-0.2, -0.15) is 10.4 Å². The first-order valence-electron chi connectivity index (χ1n) is 20.5. The van der Waals surface area contributed by atoms with Crippen LogP contribution in [0.25, 0.3) is 5.52 Å². The van der Waals surface area contributed by atoms with Crippen LogP contribution in [0.3, 0.4) is 0 Å². The molecule has 2 aromatic heterocycles. The summed E-state index contributed by atoms with van der Waals surface area (Å²) in [4.78, 5) is 14.6. The third-order valence-electron chi connectivity index (χ3n) is 10.5. The lowest BCUT2D eigenvalue weighted by Gasteiger charge is -2.27. The number of nitriles is 1. The molecular weight excluding hydrogens is 737 g/mol. The summed E-state index contributed by atoms with van der Waals surface area (Å²) in [5.41, 5.74) is 6.76. The van der Waals surface area contributed by atoms with E-state index in [1.165, 1.54) is 94.3 Å². The van der Waals surface area contributed by atoms with E-state index in [4.69, 9.17) is 34.3 Å². The number of aromatic nitrogens is 3. The van der Waals surface area contributed by atoms with Crippen LogP contribution in [0.5, 0.6) is 0 Å². The van der Waals surface area contributed by atoms with Crippen molar-refractivity contribution in [1.29, 1.82) is 5.26 Å². The second kappa shape index (κ2) is 24.1. The highest BCUT2D eigenvalue weighted by molar-refractivity contribution is 7.47. The van der Waals surface area contributed by atoms with Gasteiger partial charge in [0, 0.05) is 13.2 Å². The lowest BCUT2D eigenvalue weighted by Crippen LogP contribution is -2.39. The second-order valence-electron chi connectivity index (χ2n) is 15.0. The zero-order chi connectivity index (χ0) is 40.2. The second-order valence-corrected chi connectivity index (χ2v) is 16.5. The summed E-state index contributed by atoms with van der Waals surface area (Å²) in [6.45, 7) is 4.22. The molecule has 1 aliphatic heterocycles. The molecular formula is C41H64N5O9P. The van der Waals surface area contributed by atoms with Gasteiger partial charge in [-0.05, 0) is 49.6 Å². The Morgan fingerprint density at radius 1 is 0.929 bits per heavy atom. The van der Waals surface area contributed by atoms with E-state index in [2.05, 4.69) is 23.1 Å². The molecule has 1 aliphatic rings. The first-order valence-corrected chi connectivity index (χ1v) is 22.0. The molecule has 14 nitrogen and oxygen atoms in total. The van der Waals surface area contributed by atoms with Crippen molar-refractivity contribution in [3.8, 4) is 6.07 Å². The van der Waals surface area contributed by atoms with Gasteiger partial charge in [-0.25, -0.2) is 14.1 Å². The number of hydrogen-bond acceptors (Lipinski definition) is 12. The van der Waals surface area contributed by atoms with Crippen molar-refractivity contribution in [3.05, 3.63) is 59.5 Å². The number of unbranched alkanes of at least 4 members (excludes halogenated alkanes) is 14. The van der Waals surface area contributed by atoms with Crippen LogP contribution in [0.2, 0.25) is 0 Å². The lowest BCUT2D eigenvalue weighted by molar-refractivity contribution is -0.0895. The average Bonchev–Trinajstić information content (AvgIpc) is 3.74. The molecule has 5 N–H and O–H groups in total. The van der Waals surface area contributed by atoms with E-state index in [-0.39, 0.29) is 19.0 Å². The number of anilines is 1. The van der Waals surface area contributed by atoms with Crippen LogP contribution in [-0.2, 0) is 40.0 Å². The van der Waals surface area contributed by atoms with Gasteiger partial charge < -0.3 is 35.1 Å².